The third-order valence-electron chi connectivity index (χ3n) is 3.64. The predicted octanol–water partition coefficient (Wildman–Crippen LogP) is 2.95. The fraction of sp³-hybridized carbons (Fsp3) is 0.625. The molecule has 1 aliphatic heterocycles. The van der Waals surface area contributed by atoms with Crippen LogP contribution in [0.1, 0.15) is 43.4 Å². The van der Waals surface area contributed by atoms with E-state index < -0.39 is 0 Å². The topological polar surface area (TPSA) is 15.3 Å². The van der Waals surface area contributed by atoms with Crippen LogP contribution < -0.4 is 5.32 Å². The first-order valence-corrected chi connectivity index (χ1v) is 7.37. The molecule has 2 heteroatoms. The molecule has 0 aromatic heterocycles. The van der Waals surface area contributed by atoms with Gasteiger partial charge in [-0.1, -0.05) is 32.0 Å². The largest absolute Gasteiger partial charge is 0.312 e. The average molecular weight is 246 g/mol. The number of fused-ring (bicyclic) bond motifs is 1. The maximum atomic E-state index is 3.46. The summed E-state index contributed by atoms with van der Waals surface area (Å²) in [6, 6.07) is 7.06. The van der Waals surface area contributed by atoms with E-state index in [2.05, 4.69) is 42.3 Å². The molecule has 0 aliphatic carbocycles. The second-order valence-corrected chi connectivity index (χ2v) is 5.31. The molecule has 2 rings (SSSR count). The fourth-order valence-electron chi connectivity index (χ4n) is 2.79. The maximum absolute atomic E-state index is 3.46. The van der Waals surface area contributed by atoms with Gasteiger partial charge in [0.2, 0.25) is 0 Å². The molecule has 2 nitrogen and oxygen atoms in total. The summed E-state index contributed by atoms with van der Waals surface area (Å²) >= 11 is 0. The van der Waals surface area contributed by atoms with Crippen LogP contribution in [0.25, 0.3) is 0 Å². The van der Waals surface area contributed by atoms with Crippen LogP contribution in [-0.4, -0.2) is 24.5 Å². The lowest BCUT2D eigenvalue weighted by Gasteiger charge is -2.23. The van der Waals surface area contributed by atoms with E-state index in [-0.39, 0.29) is 0 Å². The zero-order chi connectivity index (χ0) is 12.8. The smallest absolute Gasteiger partial charge is 0.0233 e. The van der Waals surface area contributed by atoms with Crippen molar-refractivity contribution < 1.29 is 0 Å². The van der Waals surface area contributed by atoms with Crippen molar-refractivity contribution in [2.45, 2.75) is 46.2 Å². The first-order valence-electron chi connectivity index (χ1n) is 7.37. The van der Waals surface area contributed by atoms with Gasteiger partial charge in [0.1, 0.15) is 0 Å². The first kappa shape index (κ1) is 13.6. The molecule has 0 amide bonds. The van der Waals surface area contributed by atoms with Gasteiger partial charge >= 0.3 is 0 Å². The Balaban J connectivity index is 2.03. The zero-order valence-corrected chi connectivity index (χ0v) is 11.8. The Morgan fingerprint density at radius 3 is 2.61 bits per heavy atom. The molecule has 1 aliphatic rings. The Bertz CT molecular complexity index is 367. The fourth-order valence-corrected chi connectivity index (χ4v) is 2.79. The van der Waals surface area contributed by atoms with E-state index in [0.717, 1.165) is 19.6 Å². The third kappa shape index (κ3) is 3.56. The number of nitrogens with zero attached hydrogens (tertiary/aromatic N) is 1. The van der Waals surface area contributed by atoms with Crippen molar-refractivity contribution in [1.29, 1.82) is 0 Å². The Morgan fingerprint density at radius 2 is 1.89 bits per heavy atom. The molecule has 0 bridgehead atoms. The van der Waals surface area contributed by atoms with Crippen LogP contribution in [0.5, 0.6) is 0 Å². The average Bonchev–Trinajstić information content (AvgIpc) is 2.39. The summed E-state index contributed by atoms with van der Waals surface area (Å²) in [6.45, 7) is 10.2. The maximum Gasteiger partial charge on any atom is 0.0233 e. The lowest BCUT2D eigenvalue weighted by atomic mass is 9.98. The summed E-state index contributed by atoms with van der Waals surface area (Å²) in [4.78, 5) is 2.57. The summed E-state index contributed by atoms with van der Waals surface area (Å²) in [5, 5.41) is 3.46. The quantitative estimate of drug-likeness (QED) is 0.830. The van der Waals surface area contributed by atoms with Crippen molar-refractivity contribution >= 4 is 0 Å². The van der Waals surface area contributed by atoms with E-state index in [1.807, 2.05) is 0 Å². The minimum Gasteiger partial charge on any atom is -0.312 e. The molecule has 0 atom stereocenters. The van der Waals surface area contributed by atoms with E-state index in [4.69, 9.17) is 0 Å². The van der Waals surface area contributed by atoms with Crippen molar-refractivity contribution in [3.05, 3.63) is 34.9 Å². The van der Waals surface area contributed by atoms with Crippen molar-refractivity contribution in [2.24, 2.45) is 0 Å². The lowest BCUT2D eigenvalue weighted by molar-refractivity contribution is 0.266. The van der Waals surface area contributed by atoms with Gasteiger partial charge in [0.25, 0.3) is 0 Å². The number of nitrogens with one attached hydrogen (secondary N) is 1. The molecule has 0 unspecified atom stereocenters. The second-order valence-electron chi connectivity index (χ2n) is 5.31. The minimum absolute atomic E-state index is 1.05. The predicted molar refractivity (Wildman–Crippen MR) is 77.7 cm³/mol. The van der Waals surface area contributed by atoms with Crippen LogP contribution >= 0.6 is 0 Å². The molecule has 0 saturated heterocycles. The van der Waals surface area contributed by atoms with Gasteiger partial charge in [-0.3, -0.25) is 4.90 Å². The van der Waals surface area contributed by atoms with Crippen LogP contribution in [0.4, 0.5) is 0 Å². The van der Waals surface area contributed by atoms with Gasteiger partial charge in [-0.05, 0) is 55.6 Å². The van der Waals surface area contributed by atoms with E-state index in [1.54, 1.807) is 0 Å². The lowest BCUT2D eigenvalue weighted by Crippen LogP contribution is -2.26. The van der Waals surface area contributed by atoms with Gasteiger partial charge in [0, 0.05) is 13.1 Å². The number of benzene rings is 1. The summed E-state index contributed by atoms with van der Waals surface area (Å²) in [7, 11) is 0. The van der Waals surface area contributed by atoms with Crippen molar-refractivity contribution in [3.8, 4) is 0 Å². The van der Waals surface area contributed by atoms with Crippen LogP contribution in [0.3, 0.4) is 0 Å². The SMILES string of the molecule is CCCN(CCC)Cc1ccc2c(c1)CNCC2. The highest BCUT2D eigenvalue weighted by atomic mass is 15.1. The van der Waals surface area contributed by atoms with Gasteiger partial charge in [-0.15, -0.1) is 0 Å². The van der Waals surface area contributed by atoms with Crippen LogP contribution in [-0.2, 0) is 19.5 Å². The van der Waals surface area contributed by atoms with Crippen LogP contribution in [0.15, 0.2) is 18.2 Å². The summed E-state index contributed by atoms with van der Waals surface area (Å²) in [6.07, 6.45) is 3.67. The molecule has 1 aromatic rings. The van der Waals surface area contributed by atoms with Gasteiger partial charge in [-0.25, -0.2) is 0 Å². The molecule has 0 fully saturated rings. The van der Waals surface area contributed by atoms with Crippen molar-refractivity contribution in [2.75, 3.05) is 19.6 Å². The summed E-state index contributed by atoms with van der Waals surface area (Å²) < 4.78 is 0. The summed E-state index contributed by atoms with van der Waals surface area (Å²) in [5.41, 5.74) is 4.51. The molecule has 1 N–H and O–H groups in total. The van der Waals surface area contributed by atoms with Crippen LogP contribution in [0.2, 0.25) is 0 Å². The Labute approximate surface area is 111 Å². The minimum atomic E-state index is 1.05. The number of rotatable bonds is 6. The van der Waals surface area contributed by atoms with Crippen molar-refractivity contribution in [3.63, 3.8) is 0 Å². The van der Waals surface area contributed by atoms with Gasteiger partial charge in [0.05, 0.1) is 0 Å². The van der Waals surface area contributed by atoms with E-state index in [1.165, 1.54) is 49.0 Å². The third-order valence-corrected chi connectivity index (χ3v) is 3.64. The molecular weight excluding hydrogens is 220 g/mol. The second kappa shape index (κ2) is 6.91. The van der Waals surface area contributed by atoms with Gasteiger partial charge < -0.3 is 5.32 Å². The van der Waals surface area contributed by atoms with E-state index >= 15 is 0 Å². The van der Waals surface area contributed by atoms with Crippen molar-refractivity contribution in [1.82, 2.24) is 10.2 Å². The van der Waals surface area contributed by atoms with E-state index in [0.29, 0.717) is 0 Å². The van der Waals surface area contributed by atoms with Crippen LogP contribution in [0, 0.1) is 0 Å². The summed E-state index contributed by atoms with van der Waals surface area (Å²) in [5.74, 6) is 0. The zero-order valence-electron chi connectivity index (χ0n) is 11.8. The number of hydrogen-bond donors (Lipinski definition) is 1. The molecule has 0 spiro atoms. The molecule has 0 radical (unpaired) electrons. The van der Waals surface area contributed by atoms with Gasteiger partial charge in [0.15, 0.2) is 0 Å². The standard InChI is InChI=1S/C16H26N2/c1-3-9-18(10-4-2)13-14-5-6-15-7-8-17-12-16(15)11-14/h5-6,11,17H,3-4,7-10,12-13H2,1-2H3. The molecule has 18 heavy (non-hydrogen) atoms. The Kier molecular flexibility index (Phi) is 5.21. The molecule has 1 aromatic carbocycles. The highest BCUT2D eigenvalue weighted by molar-refractivity contribution is 5.33. The molecule has 100 valence electrons. The number of hydrogen-bond acceptors (Lipinski definition) is 2. The first-order chi connectivity index (χ1) is 8.83. The molecule has 0 saturated carbocycles. The van der Waals surface area contributed by atoms with E-state index in [9.17, 15) is 0 Å². The van der Waals surface area contributed by atoms with Gasteiger partial charge in [-0.2, -0.15) is 0 Å². The normalized spacial score (nSPS) is 14.8. The highest BCUT2D eigenvalue weighted by Crippen LogP contribution is 2.17. The molecule has 1 heterocycles. The monoisotopic (exact) mass is 246 g/mol. The Hall–Kier alpha value is -0.860. The Morgan fingerprint density at radius 1 is 1.11 bits per heavy atom. The highest BCUT2D eigenvalue weighted by Gasteiger charge is 2.10. The molecular formula is C16H26N2.